The van der Waals surface area contributed by atoms with Crippen LogP contribution in [-0.2, 0) is 36.8 Å². The number of methoxy groups -OCH3 is 2. The fraction of sp³-hybridized carbons (Fsp3) is 0.469. The first kappa shape index (κ1) is 59.7. The van der Waals surface area contributed by atoms with Crippen LogP contribution in [-0.4, -0.2) is 136 Å². The Bertz CT molecular complexity index is 2660. The number of hydrogen-bond acceptors (Lipinski definition) is 13. The summed E-state index contributed by atoms with van der Waals surface area (Å²) in [4.78, 5) is 62.1. The number of aromatic nitrogens is 1. The molecule has 27 heteroatoms. The number of alkyl halides is 8. The van der Waals surface area contributed by atoms with E-state index in [0.717, 1.165) is 33.1 Å². The molecule has 0 bridgehead atoms. The Morgan fingerprint density at radius 3 is 1.84 bits per heavy atom. The zero-order chi connectivity index (χ0) is 56.6. The number of carbonyl (C=O) groups excluding carboxylic acids is 4. The van der Waals surface area contributed by atoms with Crippen molar-refractivity contribution in [3.8, 4) is 11.8 Å². The molecule has 414 valence electrons. The number of carbonyl (C=O) groups is 4. The van der Waals surface area contributed by atoms with E-state index >= 15 is 8.78 Å². The fourth-order valence-corrected chi connectivity index (χ4v) is 7.83. The minimum Gasteiger partial charge on any atom is -0.453 e. The number of rotatable bonds is 19. The van der Waals surface area contributed by atoms with Crippen LogP contribution in [0.25, 0.3) is 5.57 Å². The maximum absolute atomic E-state index is 16.0. The summed E-state index contributed by atoms with van der Waals surface area (Å²) in [7, 11) is 1.58. The van der Waals surface area contributed by atoms with Gasteiger partial charge in [-0.3, -0.25) is 15.0 Å². The van der Waals surface area contributed by atoms with Gasteiger partial charge in [-0.25, -0.2) is 33.4 Å². The third-order valence-corrected chi connectivity index (χ3v) is 12.8. The maximum atomic E-state index is 16.0. The lowest BCUT2D eigenvalue weighted by atomic mass is 9.78. The molecule has 4 amide bonds. The maximum Gasteiger partial charge on any atom is 0.407 e. The highest BCUT2D eigenvalue weighted by molar-refractivity contribution is 6.09. The van der Waals surface area contributed by atoms with Gasteiger partial charge in [-0.2, -0.15) is 35.1 Å². The van der Waals surface area contributed by atoms with Crippen molar-refractivity contribution in [3.05, 3.63) is 100 Å². The number of alkyl carbamates (subject to hydrolysis) is 2. The van der Waals surface area contributed by atoms with Crippen molar-refractivity contribution in [2.75, 3.05) is 52.0 Å². The lowest BCUT2D eigenvalue weighted by molar-refractivity contribution is -0.221. The second-order valence-electron chi connectivity index (χ2n) is 19.1. The molecule has 2 fully saturated rings. The third-order valence-electron chi connectivity index (χ3n) is 12.8. The average molecular weight is 1090 g/mol. The molecule has 0 aliphatic carbocycles. The number of ether oxygens (including phenoxy) is 3. The highest BCUT2D eigenvalue weighted by Gasteiger charge is 2.57. The van der Waals surface area contributed by atoms with Crippen molar-refractivity contribution < 1.29 is 82.4 Å². The molecule has 3 heterocycles. The van der Waals surface area contributed by atoms with Gasteiger partial charge in [0.25, 0.3) is 5.91 Å². The summed E-state index contributed by atoms with van der Waals surface area (Å²) in [6, 6.07) is 3.96. The summed E-state index contributed by atoms with van der Waals surface area (Å²) in [5.74, 6) is 0.513. The zero-order valence-corrected chi connectivity index (χ0v) is 41.6. The number of hydrazine groups is 1. The molecule has 2 saturated heterocycles. The molecule has 1 aromatic heterocycles. The van der Waals surface area contributed by atoms with Gasteiger partial charge >= 0.3 is 31.1 Å². The molecule has 2 aromatic carbocycles. The molecule has 0 radical (unpaired) electrons. The van der Waals surface area contributed by atoms with Crippen molar-refractivity contribution >= 4 is 41.6 Å². The lowest BCUT2D eigenvalue weighted by Crippen LogP contribution is -2.66. The number of aliphatic hydroxyl groups excluding tert-OH is 1. The summed E-state index contributed by atoms with van der Waals surface area (Å²) < 4.78 is 159. The van der Waals surface area contributed by atoms with E-state index in [1.165, 1.54) is 24.3 Å². The van der Waals surface area contributed by atoms with Crippen LogP contribution in [0.15, 0.2) is 65.9 Å². The van der Waals surface area contributed by atoms with Crippen molar-refractivity contribution in [3.63, 3.8) is 0 Å². The van der Waals surface area contributed by atoms with Crippen LogP contribution in [0.2, 0.25) is 0 Å². The molecule has 0 saturated carbocycles. The van der Waals surface area contributed by atoms with E-state index in [-0.39, 0.29) is 11.0 Å². The van der Waals surface area contributed by atoms with Gasteiger partial charge in [0.05, 0.1) is 55.8 Å². The Kier molecular flexibility index (Phi) is 19.0. The summed E-state index contributed by atoms with van der Waals surface area (Å²) in [6.07, 6.45) is -13.3. The molecule has 17 nitrogen and oxygen atoms in total. The van der Waals surface area contributed by atoms with Gasteiger partial charge in [-0.05, 0) is 81.6 Å². The minimum absolute atomic E-state index is 0.170. The predicted octanol–water partition coefficient (Wildman–Crippen LogP) is 5.74. The number of pyridine rings is 1. The second-order valence-corrected chi connectivity index (χ2v) is 19.1. The Hall–Kier alpha value is -7.18. The average Bonchev–Trinajstić information content (AvgIpc) is 3.31. The Balaban J connectivity index is 1.52. The van der Waals surface area contributed by atoms with Crippen LogP contribution in [0.4, 0.5) is 59.3 Å². The Morgan fingerprint density at radius 1 is 0.855 bits per heavy atom. The van der Waals surface area contributed by atoms with Crippen molar-refractivity contribution in [1.82, 2.24) is 31.4 Å². The third kappa shape index (κ3) is 14.6. The second kappa shape index (κ2) is 24.2. The van der Waals surface area contributed by atoms with E-state index in [9.17, 15) is 59.4 Å². The Labute approximate surface area is 429 Å². The van der Waals surface area contributed by atoms with E-state index in [4.69, 9.17) is 10.5 Å². The van der Waals surface area contributed by atoms with Crippen LogP contribution < -0.4 is 32.0 Å². The molecule has 5 rings (SSSR count). The first-order valence-corrected chi connectivity index (χ1v) is 22.9. The van der Waals surface area contributed by atoms with Gasteiger partial charge in [-0.15, -0.1) is 0 Å². The first-order valence-electron chi connectivity index (χ1n) is 22.9. The molecule has 2 aliphatic rings. The monoisotopic (exact) mass is 1090 g/mol. The SMILES string of the molecule is COC(=O)N[C@H](C(=O)N[C@@H](Cc1ccc(C#Cc2ccc(N3CC4(COC4)C3)nc2)cc1)[C@@H](O)CN(Cc1c(F)cc(C(=C/N)/C=N/C(F)F)cc1F)NC(=O)[C@@H](NC(=O)OC)C(C)(C)C(F)(F)F)C(C)(C)C(F)(F)F. The number of amides is 4. The normalized spacial score (nSPS) is 16.4. The lowest BCUT2D eigenvalue weighted by Gasteiger charge is -2.55. The quantitative estimate of drug-likeness (QED) is 0.0279. The highest BCUT2D eigenvalue weighted by Crippen LogP contribution is 2.42. The number of aliphatic hydroxyl groups is 1. The highest BCUT2D eigenvalue weighted by atomic mass is 19.4. The van der Waals surface area contributed by atoms with Crippen LogP contribution in [0.3, 0.4) is 0 Å². The molecule has 76 heavy (non-hydrogen) atoms. The number of halogens is 10. The smallest absolute Gasteiger partial charge is 0.407 e. The topological polar surface area (TPSA) is 222 Å². The van der Waals surface area contributed by atoms with Gasteiger partial charge in [-0.1, -0.05) is 24.0 Å². The van der Waals surface area contributed by atoms with E-state index in [1.807, 2.05) is 16.8 Å². The van der Waals surface area contributed by atoms with E-state index in [2.05, 4.69) is 41.5 Å². The minimum atomic E-state index is -5.24. The molecule has 3 aromatic rings. The van der Waals surface area contributed by atoms with Crippen LogP contribution >= 0.6 is 0 Å². The first-order chi connectivity index (χ1) is 35.4. The van der Waals surface area contributed by atoms with Gasteiger partial charge < -0.3 is 45.9 Å². The molecule has 7 N–H and O–H groups in total. The Morgan fingerprint density at radius 2 is 1.38 bits per heavy atom. The zero-order valence-electron chi connectivity index (χ0n) is 41.6. The number of nitrogens with zero attached hydrogens (tertiary/aromatic N) is 4. The molecule has 0 unspecified atom stereocenters. The summed E-state index contributed by atoms with van der Waals surface area (Å²) >= 11 is 0. The number of allylic oxidation sites excluding steroid dienone is 1. The predicted molar refractivity (Wildman–Crippen MR) is 254 cm³/mol. The molecule has 2 aliphatic heterocycles. The number of aliphatic imine (C=N–C) groups is 1. The molecule has 1 spiro atoms. The van der Waals surface area contributed by atoms with E-state index in [1.54, 1.807) is 17.6 Å². The van der Waals surface area contributed by atoms with Gasteiger partial charge in [0.15, 0.2) is 0 Å². The molecular weight excluding hydrogens is 1030 g/mol. The number of hydrogen-bond donors (Lipinski definition) is 6. The molecular formula is C49H55F10N9O8. The number of nitrogens with two attached hydrogens (primary N) is 1. The summed E-state index contributed by atoms with van der Waals surface area (Å²) in [6.45, 7) is -0.298. The molecule has 4 atom stereocenters. The van der Waals surface area contributed by atoms with Crippen LogP contribution in [0.1, 0.15) is 55.5 Å². The number of benzene rings is 2. The standard InChI is InChI=1S/C49H55F10N9O8/c1-45(2,48(54,55)56)38(64-43(72)74-5)40(70)63-35(15-28-10-7-27(8-11-28)9-12-29-13-14-37(61-19-29)67-23-47(24-67)25-76-26-47)36(69)22-68(66-41(71)39(65-44(73)75-6)46(3,4)49(57,58)59)21-32-33(50)16-30(17-34(32)51)31(18-60)20-62-42(52)53/h7-8,10-11,13-14,16-20,35-36,38-39,42,69H,15,21-26,60H2,1-6H3,(H,63,70)(H,64,72)(H,65,73)(H,66,71)/b31-18+,62-20+/t35-,36-,38+,39+/m0/s1. The van der Waals surface area contributed by atoms with E-state index in [0.29, 0.717) is 81.6 Å². The summed E-state index contributed by atoms with van der Waals surface area (Å²) in [5, 5.41) is 18.3. The van der Waals surface area contributed by atoms with Crippen molar-refractivity contribution in [1.29, 1.82) is 0 Å². The van der Waals surface area contributed by atoms with Crippen LogP contribution in [0.5, 0.6) is 0 Å². The largest absolute Gasteiger partial charge is 0.453 e. The van der Waals surface area contributed by atoms with Crippen LogP contribution in [0, 0.1) is 39.7 Å². The number of anilines is 1. The fourth-order valence-electron chi connectivity index (χ4n) is 7.83. The van der Waals surface area contributed by atoms with Crippen molar-refractivity contribution in [2.24, 2.45) is 27.0 Å². The number of nitrogens with one attached hydrogen (secondary N) is 4. The van der Waals surface area contributed by atoms with Crippen molar-refractivity contribution in [2.45, 2.75) is 83.8 Å². The summed E-state index contributed by atoms with van der Waals surface area (Å²) in [5.41, 5.74) is 0.939. The van der Waals surface area contributed by atoms with Gasteiger partial charge in [0.1, 0.15) is 29.5 Å². The van der Waals surface area contributed by atoms with E-state index < -0.39 is 126 Å². The van der Waals surface area contributed by atoms with Gasteiger partial charge in [0, 0.05) is 67.1 Å². The van der Waals surface area contributed by atoms with Gasteiger partial charge in [0.2, 0.25) is 5.91 Å².